The van der Waals surface area contributed by atoms with Crippen molar-refractivity contribution in [3.05, 3.63) is 63.5 Å². The standard InChI is InChI=1S/C15H15FN2O3/c1-2-10-3-5-13(8-14(10)18(20)21)17-9-11-7-12(16)4-6-15(11)19/h3-8,17,19H,2,9H2,1H3. The van der Waals surface area contributed by atoms with Crippen LogP contribution >= 0.6 is 0 Å². The molecule has 2 aromatic carbocycles. The molecule has 0 aliphatic carbocycles. The van der Waals surface area contributed by atoms with Crippen LogP contribution in [0.2, 0.25) is 0 Å². The van der Waals surface area contributed by atoms with Crippen molar-refractivity contribution in [1.29, 1.82) is 0 Å². The van der Waals surface area contributed by atoms with E-state index < -0.39 is 10.7 Å². The maximum Gasteiger partial charge on any atom is 0.274 e. The number of hydrogen-bond donors (Lipinski definition) is 2. The molecule has 0 amide bonds. The van der Waals surface area contributed by atoms with E-state index in [4.69, 9.17) is 0 Å². The molecule has 21 heavy (non-hydrogen) atoms. The molecule has 0 spiro atoms. The maximum atomic E-state index is 13.1. The van der Waals surface area contributed by atoms with Crippen molar-refractivity contribution in [3.63, 3.8) is 0 Å². The van der Waals surface area contributed by atoms with Crippen LogP contribution in [-0.4, -0.2) is 10.0 Å². The Balaban J connectivity index is 2.18. The molecule has 0 aliphatic rings. The fourth-order valence-corrected chi connectivity index (χ4v) is 2.04. The van der Waals surface area contributed by atoms with Crippen LogP contribution in [0.3, 0.4) is 0 Å². The fraction of sp³-hybridized carbons (Fsp3) is 0.200. The molecule has 0 unspecified atom stereocenters. The second-order valence-electron chi connectivity index (χ2n) is 4.58. The van der Waals surface area contributed by atoms with Gasteiger partial charge in [-0.1, -0.05) is 13.0 Å². The number of hydrogen-bond acceptors (Lipinski definition) is 4. The number of benzene rings is 2. The van der Waals surface area contributed by atoms with Gasteiger partial charge >= 0.3 is 0 Å². The van der Waals surface area contributed by atoms with Crippen molar-refractivity contribution >= 4 is 11.4 Å². The van der Waals surface area contributed by atoms with E-state index in [1.165, 1.54) is 24.3 Å². The molecule has 0 bridgehead atoms. The third-order valence-electron chi connectivity index (χ3n) is 3.19. The highest BCUT2D eigenvalue weighted by Crippen LogP contribution is 2.25. The van der Waals surface area contributed by atoms with Gasteiger partial charge in [0.05, 0.1) is 4.92 Å². The summed E-state index contributed by atoms with van der Waals surface area (Å²) in [5.74, 6) is -0.472. The first-order valence-corrected chi connectivity index (χ1v) is 6.50. The molecule has 0 heterocycles. The van der Waals surface area contributed by atoms with Gasteiger partial charge in [-0.25, -0.2) is 4.39 Å². The summed E-state index contributed by atoms with van der Waals surface area (Å²) in [6.45, 7) is 2.02. The van der Waals surface area contributed by atoms with Crippen molar-refractivity contribution < 1.29 is 14.4 Å². The minimum absolute atomic E-state index is 0.0245. The van der Waals surface area contributed by atoms with Crippen molar-refractivity contribution in [1.82, 2.24) is 0 Å². The number of nitrogens with zero attached hydrogens (tertiary/aromatic N) is 1. The van der Waals surface area contributed by atoms with Gasteiger partial charge in [0.15, 0.2) is 0 Å². The molecule has 2 N–H and O–H groups in total. The smallest absolute Gasteiger partial charge is 0.274 e. The number of aromatic hydroxyl groups is 1. The molecular formula is C15H15FN2O3. The molecule has 0 radical (unpaired) electrons. The van der Waals surface area contributed by atoms with E-state index in [1.807, 2.05) is 6.92 Å². The lowest BCUT2D eigenvalue weighted by Crippen LogP contribution is -2.02. The molecular weight excluding hydrogens is 275 g/mol. The normalized spacial score (nSPS) is 10.4. The summed E-state index contributed by atoms with van der Waals surface area (Å²) in [5, 5.41) is 23.6. The number of halogens is 1. The van der Waals surface area contributed by atoms with Crippen molar-refractivity contribution in [2.24, 2.45) is 0 Å². The van der Waals surface area contributed by atoms with Gasteiger partial charge in [0, 0.05) is 29.4 Å². The number of nitrogens with one attached hydrogen (secondary N) is 1. The Bertz CT molecular complexity index is 674. The highest BCUT2D eigenvalue weighted by molar-refractivity contribution is 5.55. The summed E-state index contributed by atoms with van der Waals surface area (Å²) in [4.78, 5) is 10.6. The van der Waals surface area contributed by atoms with Crippen molar-refractivity contribution in [2.45, 2.75) is 19.9 Å². The molecule has 0 fully saturated rings. The number of aryl methyl sites for hydroxylation is 1. The van der Waals surface area contributed by atoms with Gasteiger partial charge in [-0.15, -0.1) is 0 Å². The Morgan fingerprint density at radius 2 is 2.00 bits per heavy atom. The predicted molar refractivity (Wildman–Crippen MR) is 77.9 cm³/mol. The van der Waals surface area contributed by atoms with E-state index in [0.29, 0.717) is 23.2 Å². The Kier molecular flexibility index (Phi) is 4.37. The average molecular weight is 290 g/mol. The van der Waals surface area contributed by atoms with Crippen LogP contribution in [0.4, 0.5) is 15.8 Å². The highest BCUT2D eigenvalue weighted by atomic mass is 19.1. The summed E-state index contributed by atoms with van der Waals surface area (Å²) in [7, 11) is 0. The van der Waals surface area contributed by atoms with Gasteiger partial charge in [0.2, 0.25) is 0 Å². The fourth-order valence-electron chi connectivity index (χ4n) is 2.04. The van der Waals surface area contributed by atoms with Crippen LogP contribution in [-0.2, 0) is 13.0 Å². The third-order valence-corrected chi connectivity index (χ3v) is 3.19. The SMILES string of the molecule is CCc1ccc(NCc2cc(F)ccc2O)cc1[N+](=O)[O-]. The van der Waals surface area contributed by atoms with Gasteiger partial charge in [-0.3, -0.25) is 10.1 Å². The van der Waals surface area contributed by atoms with E-state index in [1.54, 1.807) is 12.1 Å². The summed E-state index contributed by atoms with van der Waals surface area (Å²) in [6.07, 6.45) is 0.571. The Morgan fingerprint density at radius 1 is 1.24 bits per heavy atom. The molecule has 6 heteroatoms. The summed E-state index contributed by atoms with van der Waals surface area (Å²) < 4.78 is 13.1. The maximum absolute atomic E-state index is 13.1. The molecule has 0 aromatic heterocycles. The van der Waals surface area contributed by atoms with Gasteiger partial charge in [-0.2, -0.15) is 0 Å². The van der Waals surface area contributed by atoms with Crippen LogP contribution < -0.4 is 5.32 Å². The molecule has 0 aliphatic heterocycles. The molecule has 110 valence electrons. The van der Waals surface area contributed by atoms with Gasteiger partial charge in [-0.05, 0) is 30.7 Å². The topological polar surface area (TPSA) is 75.4 Å². The Hall–Kier alpha value is -2.63. The molecule has 2 rings (SSSR count). The zero-order valence-electron chi connectivity index (χ0n) is 11.5. The number of rotatable bonds is 5. The monoisotopic (exact) mass is 290 g/mol. The minimum atomic E-state index is -0.447. The zero-order valence-corrected chi connectivity index (χ0v) is 11.5. The number of nitro groups is 1. The van der Waals surface area contributed by atoms with Gasteiger partial charge in [0.25, 0.3) is 5.69 Å². The first-order valence-electron chi connectivity index (χ1n) is 6.50. The van der Waals surface area contributed by atoms with Crippen LogP contribution in [0.1, 0.15) is 18.1 Å². The molecule has 0 saturated heterocycles. The second-order valence-corrected chi connectivity index (χ2v) is 4.58. The van der Waals surface area contributed by atoms with Gasteiger partial charge < -0.3 is 10.4 Å². The number of phenolic OH excluding ortho intramolecular Hbond substituents is 1. The highest BCUT2D eigenvalue weighted by Gasteiger charge is 2.13. The molecule has 2 aromatic rings. The number of anilines is 1. The average Bonchev–Trinajstić information content (AvgIpc) is 2.47. The molecule has 5 nitrogen and oxygen atoms in total. The van der Waals surface area contributed by atoms with Crippen molar-refractivity contribution in [2.75, 3.05) is 5.32 Å². The minimum Gasteiger partial charge on any atom is -0.508 e. The quantitative estimate of drug-likeness (QED) is 0.651. The van der Waals surface area contributed by atoms with E-state index in [0.717, 1.165) is 0 Å². The Morgan fingerprint density at radius 3 is 2.67 bits per heavy atom. The van der Waals surface area contributed by atoms with Crippen LogP contribution in [0.15, 0.2) is 36.4 Å². The first-order chi connectivity index (χ1) is 10.0. The number of phenols is 1. The van der Waals surface area contributed by atoms with Crippen molar-refractivity contribution in [3.8, 4) is 5.75 Å². The summed E-state index contributed by atoms with van der Waals surface area (Å²) in [6, 6.07) is 8.51. The summed E-state index contributed by atoms with van der Waals surface area (Å²) >= 11 is 0. The Labute approximate surface area is 121 Å². The lowest BCUT2D eigenvalue weighted by Gasteiger charge is -2.09. The largest absolute Gasteiger partial charge is 0.508 e. The number of nitro benzene ring substituents is 1. The van der Waals surface area contributed by atoms with Crippen LogP contribution in [0, 0.1) is 15.9 Å². The van der Waals surface area contributed by atoms with E-state index in [2.05, 4.69) is 5.32 Å². The zero-order chi connectivity index (χ0) is 15.4. The van der Waals surface area contributed by atoms with Crippen LogP contribution in [0.25, 0.3) is 0 Å². The second kappa shape index (κ2) is 6.21. The molecule has 0 atom stereocenters. The third kappa shape index (κ3) is 3.47. The summed E-state index contributed by atoms with van der Waals surface area (Å²) in [5.41, 5.74) is 1.63. The predicted octanol–water partition coefficient (Wildman–Crippen LogP) is 3.61. The van der Waals surface area contributed by atoms with E-state index in [-0.39, 0.29) is 18.0 Å². The lowest BCUT2D eigenvalue weighted by atomic mass is 10.1. The van der Waals surface area contributed by atoms with Crippen LogP contribution in [0.5, 0.6) is 5.75 Å². The van der Waals surface area contributed by atoms with E-state index >= 15 is 0 Å². The first kappa shape index (κ1) is 14.8. The molecule has 0 saturated carbocycles. The van der Waals surface area contributed by atoms with E-state index in [9.17, 15) is 19.6 Å². The lowest BCUT2D eigenvalue weighted by molar-refractivity contribution is -0.385. The van der Waals surface area contributed by atoms with Gasteiger partial charge in [0.1, 0.15) is 11.6 Å².